The molecule has 2 amide bonds. The molecule has 130 valence electrons. The molecule has 4 rings (SSSR count). The fraction of sp³-hybridized carbons (Fsp3) is 0.100. The zero-order valence-corrected chi connectivity index (χ0v) is 14.1. The van der Waals surface area contributed by atoms with E-state index in [1.165, 1.54) is 0 Å². The Morgan fingerprint density at radius 1 is 1.12 bits per heavy atom. The van der Waals surface area contributed by atoms with Gasteiger partial charge < -0.3 is 20.0 Å². The summed E-state index contributed by atoms with van der Waals surface area (Å²) in [7, 11) is 0. The third kappa shape index (κ3) is 2.93. The number of amides is 2. The van der Waals surface area contributed by atoms with Gasteiger partial charge in [0.2, 0.25) is 0 Å². The number of para-hydroxylation sites is 1. The maximum absolute atomic E-state index is 12.3. The van der Waals surface area contributed by atoms with Gasteiger partial charge in [-0.05, 0) is 42.6 Å². The van der Waals surface area contributed by atoms with Gasteiger partial charge in [-0.3, -0.25) is 4.79 Å². The number of H-pyrrole nitrogens is 1. The zero-order valence-electron chi connectivity index (χ0n) is 14.1. The number of rotatable bonds is 3. The van der Waals surface area contributed by atoms with Gasteiger partial charge in [0.1, 0.15) is 5.58 Å². The van der Waals surface area contributed by atoms with Crippen molar-refractivity contribution >= 4 is 33.5 Å². The second-order valence-electron chi connectivity index (χ2n) is 6.12. The van der Waals surface area contributed by atoms with Gasteiger partial charge in [0.15, 0.2) is 0 Å². The highest BCUT2D eigenvalue weighted by Gasteiger charge is 2.15. The van der Waals surface area contributed by atoms with Crippen molar-refractivity contribution < 1.29 is 9.21 Å². The molecule has 0 fully saturated rings. The predicted molar refractivity (Wildman–Crippen MR) is 101 cm³/mol. The first-order valence-corrected chi connectivity index (χ1v) is 8.27. The molecule has 2 heterocycles. The van der Waals surface area contributed by atoms with Crippen molar-refractivity contribution in [1.29, 1.82) is 0 Å². The van der Waals surface area contributed by atoms with Crippen molar-refractivity contribution in [2.45, 2.75) is 13.0 Å². The van der Waals surface area contributed by atoms with E-state index in [2.05, 4.69) is 15.6 Å². The molecular weight excluding hydrogens is 330 g/mol. The van der Waals surface area contributed by atoms with Crippen LogP contribution in [0.25, 0.3) is 21.7 Å². The Bertz CT molecular complexity index is 1160. The molecule has 3 N–H and O–H groups in total. The molecule has 26 heavy (non-hydrogen) atoms. The molecule has 0 aliphatic carbocycles. The van der Waals surface area contributed by atoms with Crippen molar-refractivity contribution in [3.05, 3.63) is 76.9 Å². The number of aromatic amines is 1. The van der Waals surface area contributed by atoms with Crippen LogP contribution in [0.2, 0.25) is 0 Å². The van der Waals surface area contributed by atoms with Crippen molar-refractivity contribution in [3.8, 4) is 0 Å². The van der Waals surface area contributed by atoms with Gasteiger partial charge in [-0.15, -0.1) is 0 Å². The maximum Gasteiger partial charge on any atom is 0.319 e. The molecule has 0 saturated carbocycles. The lowest BCUT2D eigenvalue weighted by atomic mass is 10.1. The number of anilines is 1. The van der Waals surface area contributed by atoms with Gasteiger partial charge in [-0.25, -0.2) is 4.79 Å². The zero-order chi connectivity index (χ0) is 18.1. The molecule has 2 aromatic heterocycles. The average molecular weight is 347 g/mol. The van der Waals surface area contributed by atoms with E-state index in [0.29, 0.717) is 11.1 Å². The Morgan fingerprint density at radius 3 is 2.85 bits per heavy atom. The molecular formula is C20H17N3O3. The fourth-order valence-corrected chi connectivity index (χ4v) is 3.05. The summed E-state index contributed by atoms with van der Waals surface area (Å²) in [6.07, 6.45) is 3.25. The number of aromatic nitrogens is 1. The Labute approximate surface area is 148 Å². The van der Waals surface area contributed by atoms with Crippen LogP contribution in [-0.4, -0.2) is 11.0 Å². The summed E-state index contributed by atoms with van der Waals surface area (Å²) in [6.45, 7) is 1.90. The summed E-state index contributed by atoms with van der Waals surface area (Å²) in [5, 5.41) is 8.03. The standard InChI is InChI=1S/C20H17N3O3/c1-12(17-11-26-18-5-3-2-4-16(17)18)22-20(25)23-14-6-7-15-13(10-14)8-9-21-19(15)24/h2-12H,1H3,(H,21,24)(H2,22,23,25). The van der Waals surface area contributed by atoms with Gasteiger partial charge in [-0.2, -0.15) is 0 Å². The molecule has 1 atom stereocenters. The number of hydrogen-bond donors (Lipinski definition) is 3. The summed E-state index contributed by atoms with van der Waals surface area (Å²) < 4.78 is 5.53. The van der Waals surface area contributed by atoms with Crippen molar-refractivity contribution in [2.24, 2.45) is 0 Å². The Hall–Kier alpha value is -3.54. The maximum atomic E-state index is 12.3. The molecule has 4 aromatic rings. The molecule has 6 nitrogen and oxygen atoms in total. The molecule has 1 unspecified atom stereocenters. The number of pyridine rings is 1. The number of carbonyl (C=O) groups is 1. The minimum atomic E-state index is -0.327. The van der Waals surface area contributed by atoms with Crippen LogP contribution < -0.4 is 16.2 Å². The second kappa shape index (κ2) is 6.40. The van der Waals surface area contributed by atoms with Crippen LogP contribution in [0.15, 0.2) is 70.2 Å². The predicted octanol–water partition coefficient (Wildman–Crippen LogP) is 4.16. The summed E-state index contributed by atoms with van der Waals surface area (Å²) in [6, 6.07) is 14.1. The number of carbonyl (C=O) groups excluding carboxylic acids is 1. The summed E-state index contributed by atoms with van der Waals surface area (Å²) in [4.78, 5) is 26.7. The van der Waals surface area contributed by atoms with E-state index in [-0.39, 0.29) is 17.6 Å². The summed E-state index contributed by atoms with van der Waals surface area (Å²) in [5.74, 6) is 0. The van der Waals surface area contributed by atoms with E-state index in [0.717, 1.165) is 21.9 Å². The van der Waals surface area contributed by atoms with Crippen LogP contribution in [0, 0.1) is 0 Å². The Balaban J connectivity index is 1.51. The van der Waals surface area contributed by atoms with Gasteiger partial charge in [0, 0.05) is 28.2 Å². The minimum absolute atomic E-state index is 0.154. The topological polar surface area (TPSA) is 87.1 Å². The first kappa shape index (κ1) is 16.0. The van der Waals surface area contributed by atoms with E-state index in [4.69, 9.17) is 4.42 Å². The molecule has 0 saturated heterocycles. The Kier molecular flexibility index (Phi) is 3.93. The average Bonchev–Trinajstić information content (AvgIpc) is 3.06. The fourth-order valence-electron chi connectivity index (χ4n) is 3.05. The molecule has 0 aliphatic heterocycles. The largest absolute Gasteiger partial charge is 0.464 e. The summed E-state index contributed by atoms with van der Waals surface area (Å²) in [5.41, 5.74) is 2.17. The van der Waals surface area contributed by atoms with Crippen LogP contribution in [0.5, 0.6) is 0 Å². The second-order valence-corrected chi connectivity index (χ2v) is 6.12. The van der Waals surface area contributed by atoms with Crippen LogP contribution in [0.1, 0.15) is 18.5 Å². The van der Waals surface area contributed by atoms with E-state index in [9.17, 15) is 9.59 Å². The number of hydrogen-bond acceptors (Lipinski definition) is 3. The van der Waals surface area contributed by atoms with Crippen molar-refractivity contribution in [2.75, 3.05) is 5.32 Å². The number of fused-ring (bicyclic) bond motifs is 2. The number of nitrogens with one attached hydrogen (secondary N) is 3. The number of urea groups is 1. The van der Waals surface area contributed by atoms with Crippen LogP contribution >= 0.6 is 0 Å². The normalized spacial score (nSPS) is 12.2. The van der Waals surface area contributed by atoms with Crippen LogP contribution in [0.4, 0.5) is 10.5 Å². The highest BCUT2D eigenvalue weighted by Crippen LogP contribution is 2.26. The van der Waals surface area contributed by atoms with Gasteiger partial charge in [0.05, 0.1) is 12.3 Å². The third-order valence-electron chi connectivity index (χ3n) is 4.36. The van der Waals surface area contributed by atoms with E-state index >= 15 is 0 Å². The molecule has 0 spiro atoms. The minimum Gasteiger partial charge on any atom is -0.464 e. The number of furan rings is 1. The van der Waals surface area contributed by atoms with Gasteiger partial charge in [0.25, 0.3) is 5.56 Å². The quantitative estimate of drug-likeness (QED) is 0.520. The molecule has 0 aliphatic rings. The monoisotopic (exact) mass is 347 g/mol. The van der Waals surface area contributed by atoms with E-state index in [1.54, 1.807) is 36.7 Å². The van der Waals surface area contributed by atoms with E-state index < -0.39 is 0 Å². The van der Waals surface area contributed by atoms with Crippen LogP contribution in [-0.2, 0) is 0 Å². The lowest BCUT2D eigenvalue weighted by Gasteiger charge is -2.14. The lowest BCUT2D eigenvalue weighted by molar-refractivity contribution is 0.249. The molecule has 0 bridgehead atoms. The SMILES string of the molecule is CC(NC(=O)Nc1ccc2c(=O)[nH]ccc2c1)c1coc2ccccc12. The highest BCUT2D eigenvalue weighted by atomic mass is 16.3. The van der Waals surface area contributed by atoms with Gasteiger partial charge in [-0.1, -0.05) is 18.2 Å². The Morgan fingerprint density at radius 2 is 1.96 bits per heavy atom. The molecule has 6 heteroatoms. The lowest BCUT2D eigenvalue weighted by Crippen LogP contribution is -2.31. The van der Waals surface area contributed by atoms with Gasteiger partial charge >= 0.3 is 6.03 Å². The first-order chi connectivity index (χ1) is 12.6. The molecule has 2 aromatic carbocycles. The van der Waals surface area contributed by atoms with Crippen molar-refractivity contribution in [3.63, 3.8) is 0 Å². The summed E-state index contributed by atoms with van der Waals surface area (Å²) >= 11 is 0. The van der Waals surface area contributed by atoms with Crippen molar-refractivity contribution in [1.82, 2.24) is 10.3 Å². The third-order valence-corrected chi connectivity index (χ3v) is 4.36. The first-order valence-electron chi connectivity index (χ1n) is 8.27. The smallest absolute Gasteiger partial charge is 0.319 e. The molecule has 0 radical (unpaired) electrons. The van der Waals surface area contributed by atoms with E-state index in [1.807, 2.05) is 31.2 Å². The number of benzene rings is 2. The van der Waals surface area contributed by atoms with Crippen LogP contribution in [0.3, 0.4) is 0 Å². The highest BCUT2D eigenvalue weighted by molar-refractivity contribution is 5.93.